The van der Waals surface area contributed by atoms with Gasteiger partial charge in [-0.05, 0) is 53.2 Å². The summed E-state index contributed by atoms with van der Waals surface area (Å²) in [5.41, 5.74) is 2.12. The van der Waals surface area contributed by atoms with Crippen molar-refractivity contribution in [1.82, 2.24) is 4.98 Å². The fourth-order valence-corrected chi connectivity index (χ4v) is 4.70. The van der Waals surface area contributed by atoms with Gasteiger partial charge in [0.15, 0.2) is 11.6 Å². The van der Waals surface area contributed by atoms with Gasteiger partial charge in [-0.2, -0.15) is 0 Å². The first-order chi connectivity index (χ1) is 15.1. The fourth-order valence-electron chi connectivity index (χ4n) is 3.83. The summed E-state index contributed by atoms with van der Waals surface area (Å²) in [6.45, 7) is 0. The number of carbonyl (C=O) groups is 2. The number of hydrogen-bond acceptors (Lipinski definition) is 5. The number of carbonyl (C=O) groups excluding carboxylic acids is 2. The molecule has 0 saturated carbocycles. The van der Waals surface area contributed by atoms with Crippen molar-refractivity contribution < 1.29 is 18.4 Å². The van der Waals surface area contributed by atoms with E-state index in [-0.39, 0.29) is 23.0 Å². The number of hydrogen-bond donors (Lipinski definition) is 0. The largest absolute Gasteiger partial charge is 0.437 e. The van der Waals surface area contributed by atoms with E-state index in [1.165, 1.54) is 29.5 Å². The van der Waals surface area contributed by atoms with Gasteiger partial charge in [-0.15, -0.1) is 11.3 Å². The van der Waals surface area contributed by atoms with Gasteiger partial charge >= 0.3 is 0 Å². The van der Waals surface area contributed by atoms with Crippen LogP contribution in [-0.2, 0) is 0 Å². The first kappa shape index (κ1) is 17.9. The molecular formula is C25H12FNO3S. The molecule has 0 N–H and O–H groups in total. The Balaban J connectivity index is 1.38. The molecule has 0 saturated heterocycles. The monoisotopic (exact) mass is 425 g/mol. The molecule has 1 aliphatic carbocycles. The summed E-state index contributed by atoms with van der Waals surface area (Å²) in [5.74, 6) is -0.307. The minimum atomic E-state index is -0.316. The average Bonchev–Trinajstić information content (AvgIpc) is 3.40. The van der Waals surface area contributed by atoms with Gasteiger partial charge in [-0.3, -0.25) is 9.59 Å². The Kier molecular flexibility index (Phi) is 3.79. The highest BCUT2D eigenvalue weighted by atomic mass is 32.1. The van der Waals surface area contributed by atoms with E-state index in [4.69, 9.17) is 4.42 Å². The molecule has 5 aromatic rings. The molecule has 4 nitrogen and oxygen atoms in total. The molecule has 0 spiro atoms. The molecule has 6 rings (SSSR count). The molecule has 3 aromatic carbocycles. The molecule has 6 heteroatoms. The lowest BCUT2D eigenvalue weighted by Gasteiger charge is -2.00. The maximum atomic E-state index is 13.1. The molecule has 0 bridgehead atoms. The van der Waals surface area contributed by atoms with Crippen molar-refractivity contribution in [3.63, 3.8) is 0 Å². The molecule has 2 aromatic heterocycles. The second kappa shape index (κ2) is 6.55. The smallest absolute Gasteiger partial charge is 0.238 e. The number of ketones is 2. The molecule has 148 valence electrons. The normalized spacial score (nSPS) is 13.4. The Morgan fingerprint density at radius 3 is 2.13 bits per heavy atom. The number of rotatable bonds is 2. The minimum Gasteiger partial charge on any atom is -0.437 e. The summed E-state index contributed by atoms with van der Waals surface area (Å²) in [4.78, 5) is 30.2. The number of nitrogens with zero attached hydrogens (tertiary/aromatic N) is 1. The quantitative estimate of drug-likeness (QED) is 0.246. The zero-order valence-corrected chi connectivity index (χ0v) is 16.7. The van der Waals surface area contributed by atoms with Crippen LogP contribution in [0.15, 0.2) is 76.7 Å². The number of furan rings is 1. The highest BCUT2D eigenvalue weighted by Crippen LogP contribution is 2.35. The van der Waals surface area contributed by atoms with Gasteiger partial charge in [0, 0.05) is 22.8 Å². The van der Waals surface area contributed by atoms with Gasteiger partial charge in [-0.1, -0.05) is 24.3 Å². The number of halogens is 1. The summed E-state index contributed by atoms with van der Waals surface area (Å²) in [6.07, 6.45) is 1.53. The van der Waals surface area contributed by atoms with Gasteiger partial charge in [0.05, 0.1) is 10.3 Å². The topological polar surface area (TPSA) is 60.2 Å². The van der Waals surface area contributed by atoms with Crippen molar-refractivity contribution in [3.8, 4) is 11.3 Å². The summed E-state index contributed by atoms with van der Waals surface area (Å²) >= 11 is 1.33. The van der Waals surface area contributed by atoms with Crippen LogP contribution in [0.1, 0.15) is 25.7 Å². The van der Waals surface area contributed by atoms with Crippen molar-refractivity contribution in [2.24, 2.45) is 0 Å². The van der Waals surface area contributed by atoms with E-state index in [1.54, 1.807) is 24.3 Å². The van der Waals surface area contributed by atoms with Crippen molar-refractivity contribution in [1.29, 1.82) is 0 Å². The molecule has 0 fully saturated rings. The number of thiazole rings is 1. The zero-order valence-electron chi connectivity index (χ0n) is 15.9. The maximum Gasteiger partial charge on any atom is 0.238 e. The Bertz CT molecular complexity index is 1490. The SMILES string of the molecule is O=C1C(=Cc2nc3oc(-c4ccc(F)cc4)cc3s2)C(=O)c2cc3ccccc3cc21. The first-order valence-corrected chi connectivity index (χ1v) is 10.4. The second-order valence-electron chi connectivity index (χ2n) is 7.30. The van der Waals surface area contributed by atoms with Crippen molar-refractivity contribution in [3.05, 3.63) is 94.3 Å². The Morgan fingerprint density at radius 2 is 1.52 bits per heavy atom. The van der Waals surface area contributed by atoms with E-state index in [1.807, 2.05) is 30.3 Å². The van der Waals surface area contributed by atoms with Gasteiger partial charge in [-0.25, -0.2) is 9.37 Å². The Hall–Kier alpha value is -3.90. The summed E-state index contributed by atoms with van der Waals surface area (Å²) in [6, 6.07) is 19.0. The molecular weight excluding hydrogens is 413 g/mol. The number of Topliss-reactive ketones (excluding diaryl/α,β-unsaturated/α-hetero) is 2. The number of benzene rings is 3. The van der Waals surface area contributed by atoms with Crippen LogP contribution in [0.5, 0.6) is 0 Å². The summed E-state index contributed by atoms with van der Waals surface area (Å²) in [7, 11) is 0. The first-order valence-electron chi connectivity index (χ1n) is 9.57. The molecule has 0 amide bonds. The summed E-state index contributed by atoms with van der Waals surface area (Å²) < 4.78 is 19.7. The minimum absolute atomic E-state index is 0.112. The standard InChI is InChI=1S/C25H12FNO3S/c26-16-7-5-13(6-8-16)20-12-21-25(30-20)27-22(31-21)11-19-23(28)17-9-14-3-1-2-4-15(14)10-18(17)24(19)29/h1-12H. The van der Waals surface area contributed by atoms with Crippen LogP contribution in [0.3, 0.4) is 0 Å². The highest BCUT2D eigenvalue weighted by molar-refractivity contribution is 7.19. The van der Waals surface area contributed by atoms with E-state index in [0.717, 1.165) is 21.0 Å². The number of allylic oxidation sites excluding steroid dienone is 1. The lowest BCUT2D eigenvalue weighted by molar-refractivity contribution is 0.0990. The third-order valence-electron chi connectivity index (χ3n) is 5.37. The predicted molar refractivity (Wildman–Crippen MR) is 118 cm³/mol. The Morgan fingerprint density at radius 1 is 0.871 bits per heavy atom. The molecule has 1 aliphatic rings. The van der Waals surface area contributed by atoms with Crippen LogP contribution in [0.2, 0.25) is 0 Å². The van der Waals surface area contributed by atoms with E-state index >= 15 is 0 Å². The number of fused-ring (bicyclic) bond motifs is 3. The lowest BCUT2D eigenvalue weighted by Crippen LogP contribution is -2.00. The fraction of sp³-hybridized carbons (Fsp3) is 0. The van der Waals surface area contributed by atoms with Gasteiger partial charge in [0.2, 0.25) is 5.71 Å². The Labute approximate surface area is 179 Å². The van der Waals surface area contributed by atoms with Crippen LogP contribution in [-0.4, -0.2) is 16.6 Å². The predicted octanol–water partition coefficient (Wildman–Crippen LogP) is 6.31. The summed E-state index contributed by atoms with van der Waals surface area (Å²) in [5, 5.41) is 2.36. The van der Waals surface area contributed by atoms with Crippen LogP contribution >= 0.6 is 11.3 Å². The molecule has 0 radical (unpaired) electrons. The van der Waals surface area contributed by atoms with Crippen LogP contribution in [0.25, 0.3) is 38.6 Å². The van der Waals surface area contributed by atoms with Crippen LogP contribution < -0.4 is 0 Å². The average molecular weight is 425 g/mol. The molecule has 0 unspecified atom stereocenters. The van der Waals surface area contributed by atoms with Crippen molar-refractivity contribution in [2.45, 2.75) is 0 Å². The molecule has 31 heavy (non-hydrogen) atoms. The highest BCUT2D eigenvalue weighted by Gasteiger charge is 2.33. The van der Waals surface area contributed by atoms with Gasteiger partial charge in [0.1, 0.15) is 16.6 Å². The van der Waals surface area contributed by atoms with E-state index in [9.17, 15) is 14.0 Å². The number of aromatic nitrogens is 1. The van der Waals surface area contributed by atoms with Crippen molar-refractivity contribution >= 4 is 50.2 Å². The van der Waals surface area contributed by atoms with E-state index < -0.39 is 0 Å². The second-order valence-corrected chi connectivity index (χ2v) is 8.36. The lowest BCUT2D eigenvalue weighted by atomic mass is 10.0. The van der Waals surface area contributed by atoms with E-state index in [0.29, 0.717) is 27.6 Å². The van der Waals surface area contributed by atoms with Gasteiger partial charge in [0.25, 0.3) is 0 Å². The zero-order chi connectivity index (χ0) is 21.1. The molecule has 0 aliphatic heterocycles. The van der Waals surface area contributed by atoms with Crippen LogP contribution in [0, 0.1) is 5.82 Å². The van der Waals surface area contributed by atoms with E-state index in [2.05, 4.69) is 4.98 Å². The molecule has 2 heterocycles. The molecule has 0 atom stereocenters. The van der Waals surface area contributed by atoms with Gasteiger partial charge < -0.3 is 4.42 Å². The van der Waals surface area contributed by atoms with Crippen molar-refractivity contribution in [2.75, 3.05) is 0 Å². The van der Waals surface area contributed by atoms with Crippen LogP contribution in [0.4, 0.5) is 4.39 Å². The maximum absolute atomic E-state index is 13.1. The third kappa shape index (κ3) is 2.84. The third-order valence-corrected chi connectivity index (χ3v) is 6.30.